The number of rotatable bonds is 5. The fourth-order valence-corrected chi connectivity index (χ4v) is 3.32. The number of aromatic nitrogens is 1. The molecule has 1 N–H and O–H groups in total. The molecule has 0 fully saturated rings. The highest BCUT2D eigenvalue weighted by Crippen LogP contribution is 2.42. The van der Waals surface area contributed by atoms with E-state index in [0.717, 1.165) is 37.9 Å². The molecular weight excluding hydrogens is 238 g/mol. The van der Waals surface area contributed by atoms with Gasteiger partial charge in [0.25, 0.3) is 0 Å². The molecule has 1 aliphatic carbocycles. The third-order valence-electron chi connectivity index (χ3n) is 4.18. The van der Waals surface area contributed by atoms with Crippen LogP contribution in [0.5, 0.6) is 0 Å². The Bertz CT molecular complexity index is 416. The Labute approximate surface area is 116 Å². The Morgan fingerprint density at radius 2 is 2.26 bits per heavy atom. The smallest absolute Gasteiger partial charge is 0.0812 e. The first-order chi connectivity index (χ1) is 8.98. The third-order valence-corrected chi connectivity index (χ3v) is 4.18. The molecule has 0 radical (unpaired) electrons. The van der Waals surface area contributed by atoms with Crippen LogP contribution in [0, 0.1) is 5.41 Å². The van der Waals surface area contributed by atoms with Crippen LogP contribution in [0.2, 0.25) is 0 Å². The van der Waals surface area contributed by atoms with Gasteiger partial charge in [0.15, 0.2) is 0 Å². The summed E-state index contributed by atoms with van der Waals surface area (Å²) in [5.41, 5.74) is 2.60. The van der Waals surface area contributed by atoms with Crippen LogP contribution >= 0.6 is 0 Å². The van der Waals surface area contributed by atoms with Gasteiger partial charge in [0, 0.05) is 24.6 Å². The van der Waals surface area contributed by atoms with Crippen LogP contribution in [0.25, 0.3) is 0 Å². The molecule has 3 heteroatoms. The predicted molar refractivity (Wildman–Crippen MR) is 77.3 cm³/mol. The molecular formula is C16H27NO2. The van der Waals surface area contributed by atoms with Crippen molar-refractivity contribution in [2.45, 2.75) is 58.6 Å². The number of fused-ring (bicyclic) bond motifs is 1. The summed E-state index contributed by atoms with van der Waals surface area (Å²) < 4.78 is 7.71. The van der Waals surface area contributed by atoms with Crippen LogP contribution in [0.3, 0.4) is 0 Å². The first kappa shape index (κ1) is 14.6. The highest BCUT2D eigenvalue weighted by molar-refractivity contribution is 5.29. The second kappa shape index (κ2) is 5.68. The molecule has 0 amide bonds. The molecule has 0 aromatic carbocycles. The molecule has 0 saturated carbocycles. The molecule has 2 unspecified atom stereocenters. The van der Waals surface area contributed by atoms with E-state index in [1.165, 1.54) is 5.69 Å². The van der Waals surface area contributed by atoms with Crippen molar-refractivity contribution >= 4 is 0 Å². The predicted octanol–water partition coefficient (Wildman–Crippen LogP) is 3.48. The number of methoxy groups -OCH3 is 1. The molecule has 2 atom stereocenters. The van der Waals surface area contributed by atoms with Gasteiger partial charge in [-0.3, -0.25) is 0 Å². The summed E-state index contributed by atoms with van der Waals surface area (Å²) in [5.74, 6) is 0. The highest BCUT2D eigenvalue weighted by atomic mass is 16.5. The van der Waals surface area contributed by atoms with Crippen molar-refractivity contribution in [2.75, 3.05) is 13.7 Å². The van der Waals surface area contributed by atoms with Crippen molar-refractivity contribution in [3.8, 4) is 0 Å². The maximum atomic E-state index is 10.3. The zero-order chi connectivity index (χ0) is 14.0. The summed E-state index contributed by atoms with van der Waals surface area (Å²) in [6, 6.07) is 2.48. The average molecular weight is 265 g/mol. The van der Waals surface area contributed by atoms with Crippen LogP contribution < -0.4 is 0 Å². The number of aliphatic hydroxyl groups excluding tert-OH is 1. The fraction of sp³-hybridized carbons (Fsp3) is 0.750. The van der Waals surface area contributed by atoms with Gasteiger partial charge in [0.2, 0.25) is 0 Å². The Hall–Kier alpha value is -0.800. The van der Waals surface area contributed by atoms with E-state index >= 15 is 0 Å². The van der Waals surface area contributed by atoms with Gasteiger partial charge in [-0.05, 0) is 30.7 Å². The van der Waals surface area contributed by atoms with E-state index in [1.807, 2.05) is 0 Å². The molecule has 0 bridgehead atoms. The van der Waals surface area contributed by atoms with E-state index in [4.69, 9.17) is 4.74 Å². The van der Waals surface area contributed by atoms with Crippen molar-refractivity contribution in [3.63, 3.8) is 0 Å². The lowest BCUT2D eigenvalue weighted by Gasteiger charge is -2.35. The topological polar surface area (TPSA) is 34.4 Å². The van der Waals surface area contributed by atoms with E-state index in [-0.39, 0.29) is 11.5 Å². The van der Waals surface area contributed by atoms with Gasteiger partial charge in [-0.15, -0.1) is 0 Å². The monoisotopic (exact) mass is 265 g/mol. The lowest BCUT2D eigenvalue weighted by molar-refractivity contribution is 0.0948. The Morgan fingerprint density at radius 3 is 2.89 bits per heavy atom. The van der Waals surface area contributed by atoms with Crippen LogP contribution in [-0.4, -0.2) is 23.4 Å². The largest absolute Gasteiger partial charge is 0.388 e. The van der Waals surface area contributed by atoms with Crippen LogP contribution in [-0.2, 0) is 11.2 Å². The maximum absolute atomic E-state index is 10.3. The molecule has 3 nitrogen and oxygen atoms in total. The van der Waals surface area contributed by atoms with Crippen molar-refractivity contribution < 1.29 is 9.84 Å². The average Bonchev–Trinajstić information content (AvgIpc) is 2.71. The first-order valence-electron chi connectivity index (χ1n) is 7.35. The lowest BCUT2D eigenvalue weighted by atomic mass is 9.75. The molecule has 2 rings (SSSR count). The molecule has 1 aromatic heterocycles. The molecule has 1 aliphatic rings. The second-order valence-electron chi connectivity index (χ2n) is 6.58. The lowest BCUT2D eigenvalue weighted by Crippen LogP contribution is -2.28. The van der Waals surface area contributed by atoms with Crippen LogP contribution in [0.15, 0.2) is 12.3 Å². The normalized spacial score (nSPS) is 23.1. The van der Waals surface area contributed by atoms with E-state index in [9.17, 15) is 5.11 Å². The minimum Gasteiger partial charge on any atom is -0.388 e. The zero-order valence-electron chi connectivity index (χ0n) is 12.6. The Morgan fingerprint density at radius 1 is 1.53 bits per heavy atom. The molecule has 0 spiro atoms. The minimum atomic E-state index is -0.315. The summed E-state index contributed by atoms with van der Waals surface area (Å²) in [7, 11) is 1.76. The van der Waals surface area contributed by atoms with E-state index in [0.29, 0.717) is 6.04 Å². The number of nitrogens with zero attached hydrogens (tertiary/aromatic N) is 1. The van der Waals surface area contributed by atoms with Crippen LogP contribution in [0.1, 0.15) is 63.4 Å². The standard InChI is InChI=1S/C16H27NO2/c1-5-6-12(11-19-4)17-8-7-13-14(17)9-16(2,3)10-15(13)18/h7-8,12,15,18H,5-6,9-11H2,1-4H3. The van der Waals surface area contributed by atoms with Crippen molar-refractivity contribution in [1.82, 2.24) is 4.57 Å². The summed E-state index contributed by atoms with van der Waals surface area (Å²) in [4.78, 5) is 0. The quantitative estimate of drug-likeness (QED) is 0.884. The zero-order valence-corrected chi connectivity index (χ0v) is 12.6. The number of aliphatic hydroxyl groups is 1. The Balaban J connectivity index is 2.33. The SMILES string of the molecule is CCCC(COC)n1ccc2c1CC(C)(C)CC2O. The Kier molecular flexibility index (Phi) is 4.36. The summed E-state index contributed by atoms with van der Waals surface area (Å²) in [5, 5.41) is 10.3. The molecule has 1 heterocycles. The minimum absolute atomic E-state index is 0.173. The van der Waals surface area contributed by atoms with Gasteiger partial charge in [0.05, 0.1) is 18.8 Å². The van der Waals surface area contributed by atoms with Crippen LogP contribution in [0.4, 0.5) is 0 Å². The first-order valence-corrected chi connectivity index (χ1v) is 7.35. The third kappa shape index (κ3) is 3.03. The molecule has 0 saturated heterocycles. The van der Waals surface area contributed by atoms with Crippen molar-refractivity contribution in [3.05, 3.63) is 23.5 Å². The van der Waals surface area contributed by atoms with Gasteiger partial charge in [-0.2, -0.15) is 0 Å². The number of hydrogen-bond donors (Lipinski definition) is 1. The van der Waals surface area contributed by atoms with Gasteiger partial charge in [-0.25, -0.2) is 0 Å². The van der Waals surface area contributed by atoms with Gasteiger partial charge < -0.3 is 14.4 Å². The molecule has 108 valence electrons. The summed E-state index contributed by atoms with van der Waals surface area (Å²) in [6.45, 7) is 7.42. The molecule has 19 heavy (non-hydrogen) atoms. The van der Waals surface area contributed by atoms with Gasteiger partial charge in [-0.1, -0.05) is 27.2 Å². The molecule has 1 aromatic rings. The summed E-state index contributed by atoms with van der Waals surface area (Å²) in [6.07, 6.45) is 5.97. The molecule has 0 aliphatic heterocycles. The maximum Gasteiger partial charge on any atom is 0.0812 e. The highest BCUT2D eigenvalue weighted by Gasteiger charge is 2.34. The van der Waals surface area contributed by atoms with E-state index < -0.39 is 0 Å². The summed E-state index contributed by atoms with van der Waals surface area (Å²) >= 11 is 0. The van der Waals surface area contributed by atoms with E-state index in [2.05, 4.69) is 37.6 Å². The van der Waals surface area contributed by atoms with Crippen molar-refractivity contribution in [2.24, 2.45) is 5.41 Å². The van der Waals surface area contributed by atoms with E-state index in [1.54, 1.807) is 7.11 Å². The number of hydrogen-bond acceptors (Lipinski definition) is 2. The van der Waals surface area contributed by atoms with Gasteiger partial charge >= 0.3 is 0 Å². The fourth-order valence-electron chi connectivity index (χ4n) is 3.32. The van der Waals surface area contributed by atoms with Gasteiger partial charge in [0.1, 0.15) is 0 Å². The van der Waals surface area contributed by atoms with Crippen molar-refractivity contribution in [1.29, 1.82) is 0 Å². The second-order valence-corrected chi connectivity index (χ2v) is 6.58. The number of ether oxygens (including phenoxy) is 1.